The monoisotopic (exact) mass is 397 g/mol. The molecule has 2 aromatic carbocycles. The average molecular weight is 397 g/mol. The van der Waals surface area contributed by atoms with Crippen molar-refractivity contribution < 1.29 is 28.2 Å². The first-order chi connectivity index (χ1) is 14.0. The van der Waals surface area contributed by atoms with Crippen molar-refractivity contribution in [2.24, 2.45) is 0 Å². The lowest BCUT2D eigenvalue weighted by Gasteiger charge is -2.09. The van der Waals surface area contributed by atoms with Crippen LogP contribution in [0, 0.1) is 0 Å². The van der Waals surface area contributed by atoms with E-state index < -0.39 is 17.5 Å². The molecule has 0 saturated carbocycles. The van der Waals surface area contributed by atoms with E-state index in [0.717, 1.165) is 0 Å². The van der Waals surface area contributed by atoms with Crippen molar-refractivity contribution in [2.45, 2.75) is 6.61 Å². The topological polar surface area (TPSA) is 104 Å². The second kappa shape index (κ2) is 8.92. The number of rotatable bonds is 7. The van der Waals surface area contributed by atoms with Crippen LogP contribution in [-0.2, 0) is 16.1 Å². The van der Waals surface area contributed by atoms with Gasteiger partial charge in [-0.05, 0) is 30.3 Å². The Morgan fingerprint density at radius 3 is 2.52 bits per heavy atom. The van der Waals surface area contributed by atoms with Crippen molar-refractivity contribution in [3.05, 3.63) is 70.1 Å². The number of methoxy groups -OCH3 is 2. The van der Waals surface area contributed by atoms with Gasteiger partial charge >= 0.3 is 11.6 Å². The number of fused-ring (bicyclic) bond motifs is 1. The Morgan fingerprint density at radius 1 is 1.00 bits per heavy atom. The van der Waals surface area contributed by atoms with Crippen molar-refractivity contribution in [2.75, 3.05) is 20.8 Å². The fraction of sp³-hybridized carbons (Fsp3) is 0.190. The summed E-state index contributed by atoms with van der Waals surface area (Å²) in [6.45, 7) is -0.453. The molecule has 0 aliphatic heterocycles. The van der Waals surface area contributed by atoms with E-state index in [1.165, 1.54) is 20.3 Å². The van der Waals surface area contributed by atoms with E-state index in [2.05, 4.69) is 5.32 Å². The molecule has 1 N–H and O–H groups in total. The highest BCUT2D eigenvalue weighted by molar-refractivity contribution is 5.96. The highest BCUT2D eigenvalue weighted by Gasteiger charge is 2.12. The number of carbonyl (C=O) groups is 2. The first kappa shape index (κ1) is 19.9. The van der Waals surface area contributed by atoms with Crippen LogP contribution < -0.4 is 20.4 Å². The van der Waals surface area contributed by atoms with Gasteiger partial charge in [-0.2, -0.15) is 0 Å². The molecule has 3 aromatic rings. The van der Waals surface area contributed by atoms with Gasteiger partial charge in [-0.1, -0.05) is 6.07 Å². The normalized spacial score (nSPS) is 10.4. The Balaban J connectivity index is 1.62. The fourth-order valence-electron chi connectivity index (χ4n) is 2.68. The number of esters is 1. The average Bonchev–Trinajstić information content (AvgIpc) is 2.75. The fourth-order valence-corrected chi connectivity index (χ4v) is 2.68. The zero-order valence-corrected chi connectivity index (χ0v) is 15.9. The van der Waals surface area contributed by atoms with Gasteiger partial charge in [-0.3, -0.25) is 9.59 Å². The predicted octanol–water partition coefficient (Wildman–Crippen LogP) is 2.28. The highest BCUT2D eigenvalue weighted by Crippen LogP contribution is 2.23. The molecule has 1 heterocycles. The standard InChI is InChI=1S/C21H19NO7/c1-26-15-5-3-4-13(8-15)21(25)22-11-20(24)28-12-14-9-19(23)29-18-10-16(27-2)6-7-17(14)18/h3-10H,11-12H2,1-2H3,(H,22,25). The molecule has 0 bridgehead atoms. The van der Waals surface area contributed by atoms with Crippen LogP contribution in [-0.4, -0.2) is 32.6 Å². The first-order valence-corrected chi connectivity index (χ1v) is 8.69. The smallest absolute Gasteiger partial charge is 0.336 e. The summed E-state index contributed by atoms with van der Waals surface area (Å²) in [5, 5.41) is 3.11. The Hall–Kier alpha value is -3.81. The van der Waals surface area contributed by atoms with E-state index >= 15 is 0 Å². The van der Waals surface area contributed by atoms with E-state index in [1.54, 1.807) is 42.5 Å². The van der Waals surface area contributed by atoms with Crippen LogP contribution in [0.3, 0.4) is 0 Å². The Kier molecular flexibility index (Phi) is 6.13. The summed E-state index contributed by atoms with van der Waals surface area (Å²) >= 11 is 0. The Bertz CT molecular complexity index is 1100. The number of amides is 1. The van der Waals surface area contributed by atoms with Crippen LogP contribution in [0.5, 0.6) is 11.5 Å². The van der Waals surface area contributed by atoms with Gasteiger partial charge in [-0.25, -0.2) is 4.79 Å². The summed E-state index contributed by atoms with van der Waals surface area (Å²) in [6, 6.07) is 12.8. The first-order valence-electron chi connectivity index (χ1n) is 8.69. The van der Waals surface area contributed by atoms with Crippen molar-refractivity contribution >= 4 is 22.8 Å². The Labute approximate surface area is 166 Å². The summed E-state index contributed by atoms with van der Waals surface area (Å²) in [5.41, 5.74) is 0.612. The number of benzene rings is 2. The molecule has 0 radical (unpaired) electrons. The second-order valence-electron chi connectivity index (χ2n) is 6.03. The lowest BCUT2D eigenvalue weighted by Crippen LogP contribution is -2.30. The lowest BCUT2D eigenvalue weighted by molar-refractivity contribution is -0.143. The van der Waals surface area contributed by atoms with Gasteiger partial charge in [0.15, 0.2) is 0 Å². The number of hydrogen-bond acceptors (Lipinski definition) is 7. The molecule has 1 aromatic heterocycles. The van der Waals surface area contributed by atoms with Crippen LogP contribution in [0.25, 0.3) is 11.0 Å². The van der Waals surface area contributed by atoms with Crippen molar-refractivity contribution in [1.29, 1.82) is 0 Å². The minimum atomic E-state index is -0.642. The summed E-state index contributed by atoms with van der Waals surface area (Å²) in [4.78, 5) is 35.9. The molecule has 0 atom stereocenters. The zero-order valence-electron chi connectivity index (χ0n) is 15.9. The molecule has 1 amide bonds. The second-order valence-corrected chi connectivity index (χ2v) is 6.03. The molecule has 0 saturated heterocycles. The molecular weight excluding hydrogens is 378 g/mol. The molecule has 0 aliphatic carbocycles. The third-order valence-electron chi connectivity index (χ3n) is 4.15. The number of ether oxygens (including phenoxy) is 3. The van der Waals surface area contributed by atoms with Gasteiger partial charge in [0.05, 0.1) is 14.2 Å². The van der Waals surface area contributed by atoms with E-state index in [0.29, 0.717) is 33.6 Å². The van der Waals surface area contributed by atoms with E-state index in [1.807, 2.05) is 0 Å². The number of carbonyl (C=O) groups excluding carboxylic acids is 2. The van der Waals surface area contributed by atoms with Crippen molar-refractivity contribution in [3.63, 3.8) is 0 Å². The molecular formula is C21H19NO7. The van der Waals surface area contributed by atoms with Crippen molar-refractivity contribution in [3.8, 4) is 11.5 Å². The maximum Gasteiger partial charge on any atom is 0.336 e. The molecule has 29 heavy (non-hydrogen) atoms. The van der Waals surface area contributed by atoms with Crippen LogP contribution in [0.4, 0.5) is 0 Å². The molecule has 0 unspecified atom stereocenters. The highest BCUT2D eigenvalue weighted by atomic mass is 16.5. The SMILES string of the molecule is COc1cccc(C(=O)NCC(=O)OCc2cc(=O)oc3cc(OC)ccc23)c1. The quantitative estimate of drug-likeness (QED) is 0.482. The molecule has 0 aliphatic rings. The summed E-state index contributed by atoms with van der Waals surface area (Å²) in [7, 11) is 3.00. The molecule has 0 fully saturated rings. The largest absolute Gasteiger partial charge is 0.497 e. The maximum absolute atomic E-state index is 12.1. The maximum atomic E-state index is 12.1. The molecule has 8 heteroatoms. The van der Waals surface area contributed by atoms with Gasteiger partial charge < -0.3 is 23.9 Å². The molecule has 8 nitrogen and oxygen atoms in total. The summed E-state index contributed by atoms with van der Waals surface area (Å²) < 4.78 is 20.5. The zero-order chi connectivity index (χ0) is 20.8. The van der Waals surface area contributed by atoms with Gasteiger partial charge in [-0.15, -0.1) is 0 Å². The number of nitrogens with one attached hydrogen (secondary N) is 1. The van der Waals surface area contributed by atoms with E-state index in [9.17, 15) is 14.4 Å². The summed E-state index contributed by atoms with van der Waals surface area (Å²) in [5.74, 6) is -0.00315. The van der Waals surface area contributed by atoms with Crippen LogP contribution in [0.15, 0.2) is 57.7 Å². The molecule has 3 rings (SSSR count). The molecule has 150 valence electrons. The third kappa shape index (κ3) is 4.92. The molecule has 0 spiro atoms. The van der Waals surface area contributed by atoms with E-state index in [4.69, 9.17) is 18.6 Å². The van der Waals surface area contributed by atoms with Gasteiger partial charge in [0, 0.05) is 28.6 Å². The Morgan fingerprint density at radius 2 is 1.76 bits per heavy atom. The van der Waals surface area contributed by atoms with Crippen LogP contribution in [0.2, 0.25) is 0 Å². The van der Waals surface area contributed by atoms with Crippen LogP contribution in [0.1, 0.15) is 15.9 Å². The van der Waals surface area contributed by atoms with Gasteiger partial charge in [0.1, 0.15) is 30.2 Å². The lowest BCUT2D eigenvalue weighted by atomic mass is 10.1. The summed E-state index contributed by atoms with van der Waals surface area (Å²) in [6.07, 6.45) is 0. The van der Waals surface area contributed by atoms with Gasteiger partial charge in [0.25, 0.3) is 5.91 Å². The van der Waals surface area contributed by atoms with Gasteiger partial charge in [0.2, 0.25) is 0 Å². The predicted molar refractivity (Wildman–Crippen MR) is 104 cm³/mol. The van der Waals surface area contributed by atoms with E-state index in [-0.39, 0.29) is 13.2 Å². The van der Waals surface area contributed by atoms with Crippen molar-refractivity contribution in [1.82, 2.24) is 5.32 Å². The number of hydrogen-bond donors (Lipinski definition) is 1. The minimum absolute atomic E-state index is 0.137. The minimum Gasteiger partial charge on any atom is -0.497 e. The third-order valence-corrected chi connectivity index (χ3v) is 4.15. The van der Waals surface area contributed by atoms with Crippen LogP contribution >= 0.6 is 0 Å².